The second-order valence-corrected chi connectivity index (χ2v) is 14.2. The van der Waals surface area contributed by atoms with Crippen LogP contribution in [0.5, 0.6) is 0 Å². The molecule has 1 saturated heterocycles. The van der Waals surface area contributed by atoms with Gasteiger partial charge in [-0.15, -0.1) is 0 Å². The lowest BCUT2D eigenvalue weighted by molar-refractivity contribution is 0.253. The third kappa shape index (κ3) is 6.11. The normalized spacial score (nSPS) is 20.3. The predicted octanol–water partition coefficient (Wildman–Crippen LogP) is 4.40. The van der Waals surface area contributed by atoms with E-state index in [0.717, 1.165) is 18.8 Å². The van der Waals surface area contributed by atoms with Gasteiger partial charge in [0.25, 0.3) is 0 Å². The first-order chi connectivity index (χ1) is 9.86. The van der Waals surface area contributed by atoms with Crippen molar-refractivity contribution in [2.24, 2.45) is 0 Å². The molecule has 0 amide bonds. The summed E-state index contributed by atoms with van der Waals surface area (Å²) in [7, 11) is -4.44. The van der Waals surface area contributed by atoms with Crippen molar-refractivity contribution in [2.75, 3.05) is 25.5 Å². The van der Waals surface area contributed by atoms with Gasteiger partial charge in [-0.05, 0) is 57.7 Å². The van der Waals surface area contributed by atoms with Crippen molar-refractivity contribution in [3.05, 3.63) is 24.2 Å². The fourth-order valence-corrected chi connectivity index (χ4v) is 8.97. The molecule has 0 spiro atoms. The summed E-state index contributed by atoms with van der Waals surface area (Å²) >= 11 is 0. The molecule has 1 atom stereocenters. The van der Waals surface area contributed by atoms with Crippen LogP contribution in [0.2, 0.25) is 19.6 Å². The van der Waals surface area contributed by atoms with Crippen LogP contribution >= 0.6 is 7.37 Å². The highest BCUT2D eigenvalue weighted by Crippen LogP contribution is 2.50. The number of furan rings is 1. The van der Waals surface area contributed by atoms with E-state index in [2.05, 4.69) is 24.5 Å². The third-order valence-corrected chi connectivity index (χ3v) is 8.84. The Labute approximate surface area is 129 Å². The monoisotopic (exact) mass is 329 g/mol. The molecule has 0 radical (unpaired) electrons. The summed E-state index contributed by atoms with van der Waals surface area (Å²) in [4.78, 5) is 2.33. The van der Waals surface area contributed by atoms with Gasteiger partial charge in [-0.1, -0.05) is 6.42 Å². The topological polar surface area (TPSA) is 42.7 Å². The number of hydrogen-bond acceptors (Lipinski definition) is 4. The van der Waals surface area contributed by atoms with Gasteiger partial charge in [0.1, 0.15) is 5.76 Å². The van der Waals surface area contributed by atoms with Gasteiger partial charge < -0.3 is 8.63 Å². The molecule has 21 heavy (non-hydrogen) atoms. The average molecular weight is 329 g/mol. The van der Waals surface area contributed by atoms with Crippen LogP contribution in [0.15, 0.2) is 22.8 Å². The van der Waals surface area contributed by atoms with Gasteiger partial charge in [0.2, 0.25) is 7.37 Å². The third-order valence-electron chi connectivity index (χ3n) is 3.58. The summed E-state index contributed by atoms with van der Waals surface area (Å²) in [6.45, 7) is 8.45. The van der Waals surface area contributed by atoms with E-state index < -0.39 is 15.7 Å². The molecule has 0 aliphatic carbocycles. The molecule has 1 aromatic heterocycles. The lowest BCUT2D eigenvalue weighted by atomic mass is 10.1. The van der Waals surface area contributed by atoms with Crippen molar-refractivity contribution in [1.29, 1.82) is 0 Å². The minimum absolute atomic E-state index is 0.585. The number of aryl methyl sites for hydroxylation is 1. The maximum atomic E-state index is 13.3. The Bertz CT molecular complexity index is 464. The molecular formula is C15H28NO3PSi. The highest BCUT2D eigenvalue weighted by atomic mass is 31.2. The first-order valence-corrected chi connectivity index (χ1v) is 13.3. The molecule has 6 heteroatoms. The molecule has 0 bridgehead atoms. The first-order valence-electron chi connectivity index (χ1n) is 7.90. The van der Waals surface area contributed by atoms with Gasteiger partial charge >= 0.3 is 0 Å². The molecule has 1 fully saturated rings. The molecule has 120 valence electrons. The van der Waals surface area contributed by atoms with Gasteiger partial charge in [-0.2, -0.15) is 0 Å². The van der Waals surface area contributed by atoms with Crippen molar-refractivity contribution in [2.45, 2.75) is 45.3 Å². The van der Waals surface area contributed by atoms with Crippen LogP contribution in [-0.2, 0) is 15.2 Å². The van der Waals surface area contributed by atoms with E-state index in [1.807, 2.05) is 12.1 Å². The minimum Gasteiger partial charge on any atom is -0.469 e. The van der Waals surface area contributed by atoms with E-state index in [-0.39, 0.29) is 0 Å². The molecule has 1 aromatic rings. The van der Waals surface area contributed by atoms with Crippen molar-refractivity contribution in [3.63, 3.8) is 0 Å². The van der Waals surface area contributed by atoms with Gasteiger partial charge in [-0.25, -0.2) is 0 Å². The molecule has 1 aliphatic rings. The van der Waals surface area contributed by atoms with Crippen LogP contribution in [0.3, 0.4) is 0 Å². The standard InChI is InChI=1S/C15H28NO3PSi/c1-21(2,3)19-20(17,13-9-15-8-7-12-18-15)14-16-10-5-4-6-11-16/h7-8,12H,4-6,9-11,13-14H2,1-3H3. The Balaban J connectivity index is 2.00. The van der Waals surface area contributed by atoms with Crippen molar-refractivity contribution in [3.8, 4) is 0 Å². The molecule has 0 aromatic carbocycles. The maximum absolute atomic E-state index is 13.3. The van der Waals surface area contributed by atoms with Gasteiger partial charge in [0, 0.05) is 12.6 Å². The Morgan fingerprint density at radius 1 is 1.29 bits per heavy atom. The SMILES string of the molecule is C[Si](C)(C)OP(=O)(CCc1ccco1)CN1CCCCC1. The summed E-state index contributed by atoms with van der Waals surface area (Å²) in [5.41, 5.74) is 0. The lowest BCUT2D eigenvalue weighted by Crippen LogP contribution is -2.34. The fourth-order valence-electron chi connectivity index (χ4n) is 2.79. The Morgan fingerprint density at radius 2 is 2.00 bits per heavy atom. The van der Waals surface area contributed by atoms with Gasteiger partial charge in [0.15, 0.2) is 8.32 Å². The Morgan fingerprint density at radius 3 is 2.57 bits per heavy atom. The minimum atomic E-state index is -2.62. The Hall–Kier alpha value is -0.353. The molecule has 4 nitrogen and oxygen atoms in total. The highest BCUT2D eigenvalue weighted by molar-refractivity contribution is 7.60. The predicted molar refractivity (Wildman–Crippen MR) is 89.6 cm³/mol. The largest absolute Gasteiger partial charge is 0.469 e. The molecule has 0 saturated carbocycles. The molecule has 1 unspecified atom stereocenters. The zero-order valence-corrected chi connectivity index (χ0v) is 15.4. The average Bonchev–Trinajstić information content (AvgIpc) is 2.88. The number of hydrogen-bond donors (Lipinski definition) is 0. The van der Waals surface area contributed by atoms with Crippen LogP contribution in [0.1, 0.15) is 25.0 Å². The summed E-state index contributed by atoms with van der Waals surface area (Å²) in [5.74, 6) is 0.896. The molecule has 1 aliphatic heterocycles. The number of likely N-dealkylation sites (tertiary alicyclic amines) is 1. The summed E-state index contributed by atoms with van der Waals surface area (Å²) in [6.07, 6.45) is 7.28. The molecule has 2 heterocycles. The molecular weight excluding hydrogens is 301 g/mol. The zero-order chi connectivity index (χ0) is 15.3. The van der Waals surface area contributed by atoms with E-state index >= 15 is 0 Å². The van der Waals surface area contributed by atoms with Crippen LogP contribution < -0.4 is 0 Å². The zero-order valence-electron chi connectivity index (χ0n) is 13.5. The van der Waals surface area contributed by atoms with Gasteiger partial charge in [-0.3, -0.25) is 9.46 Å². The first kappa shape index (κ1) is 17.0. The number of piperidine rings is 1. The quantitative estimate of drug-likeness (QED) is 0.549. The van der Waals surface area contributed by atoms with Crippen LogP contribution in [0, 0.1) is 0 Å². The van der Waals surface area contributed by atoms with E-state index in [4.69, 9.17) is 8.63 Å². The number of nitrogens with zero attached hydrogens (tertiary/aromatic N) is 1. The second kappa shape index (κ2) is 7.27. The maximum Gasteiger partial charge on any atom is 0.207 e. The highest BCUT2D eigenvalue weighted by Gasteiger charge is 2.32. The van der Waals surface area contributed by atoms with Crippen LogP contribution in [0.4, 0.5) is 0 Å². The molecule has 0 N–H and O–H groups in total. The van der Waals surface area contributed by atoms with Crippen LogP contribution in [-0.4, -0.2) is 38.8 Å². The van der Waals surface area contributed by atoms with E-state index in [0.29, 0.717) is 18.9 Å². The fraction of sp³-hybridized carbons (Fsp3) is 0.733. The summed E-state index contributed by atoms with van der Waals surface area (Å²) in [6, 6.07) is 3.82. The van der Waals surface area contributed by atoms with Crippen molar-refractivity contribution < 1.29 is 13.2 Å². The van der Waals surface area contributed by atoms with E-state index in [1.165, 1.54) is 19.3 Å². The van der Waals surface area contributed by atoms with Crippen molar-refractivity contribution in [1.82, 2.24) is 4.90 Å². The van der Waals surface area contributed by atoms with Crippen molar-refractivity contribution >= 4 is 15.7 Å². The van der Waals surface area contributed by atoms with E-state index in [1.54, 1.807) is 6.26 Å². The summed E-state index contributed by atoms with van der Waals surface area (Å²) in [5, 5.41) is 0. The van der Waals surface area contributed by atoms with Crippen LogP contribution in [0.25, 0.3) is 0 Å². The Kier molecular flexibility index (Phi) is 5.89. The summed E-state index contributed by atoms with van der Waals surface area (Å²) < 4.78 is 24.8. The van der Waals surface area contributed by atoms with E-state index in [9.17, 15) is 4.57 Å². The lowest BCUT2D eigenvalue weighted by Gasteiger charge is -2.33. The van der Waals surface area contributed by atoms with Gasteiger partial charge in [0.05, 0.1) is 12.5 Å². The number of rotatable bonds is 7. The molecule has 2 rings (SSSR count). The smallest absolute Gasteiger partial charge is 0.207 e. The second-order valence-electron chi connectivity index (χ2n) is 6.89.